The molecule has 0 spiro atoms. The number of para-hydroxylation sites is 1. The molecule has 1 aliphatic rings. The minimum absolute atomic E-state index is 0.0878. The lowest BCUT2D eigenvalue weighted by Crippen LogP contribution is -2.44. The van der Waals surface area contributed by atoms with Crippen molar-refractivity contribution in [2.24, 2.45) is 5.92 Å². The standard InChI is InChI=1S/C19H21FN2O3S/c20-17-10-4-5-11-18(17)21-19(23)16-9-6-12-22(13-16)26(24,25)14-15-7-2-1-3-8-15/h1-5,7-8,10-11,16H,6,9,12-14H2,(H,21,23)/t16-/m0/s1. The molecule has 26 heavy (non-hydrogen) atoms. The van der Waals surface area contributed by atoms with Crippen molar-refractivity contribution < 1.29 is 17.6 Å². The molecule has 1 aliphatic heterocycles. The fourth-order valence-electron chi connectivity index (χ4n) is 3.08. The maximum atomic E-state index is 13.7. The molecule has 5 nitrogen and oxygen atoms in total. The van der Waals surface area contributed by atoms with Gasteiger partial charge in [-0.2, -0.15) is 0 Å². The SMILES string of the molecule is O=C(Nc1ccccc1F)[C@H]1CCCN(S(=O)(=O)Cc2ccccc2)C1. The van der Waals surface area contributed by atoms with Crippen LogP contribution in [0.1, 0.15) is 18.4 Å². The molecule has 1 N–H and O–H groups in total. The van der Waals surface area contributed by atoms with E-state index < -0.39 is 21.8 Å². The van der Waals surface area contributed by atoms with Gasteiger partial charge >= 0.3 is 0 Å². The molecule has 1 saturated heterocycles. The summed E-state index contributed by atoms with van der Waals surface area (Å²) < 4.78 is 40.4. The molecular formula is C19H21FN2O3S. The van der Waals surface area contributed by atoms with Crippen LogP contribution in [0.4, 0.5) is 10.1 Å². The van der Waals surface area contributed by atoms with Crippen molar-refractivity contribution in [3.8, 4) is 0 Å². The van der Waals surface area contributed by atoms with E-state index in [9.17, 15) is 17.6 Å². The summed E-state index contributed by atoms with van der Waals surface area (Å²) in [6.07, 6.45) is 1.18. The van der Waals surface area contributed by atoms with Crippen LogP contribution in [0.15, 0.2) is 54.6 Å². The Bertz CT molecular complexity index is 871. The van der Waals surface area contributed by atoms with Gasteiger partial charge in [-0.05, 0) is 30.5 Å². The summed E-state index contributed by atoms with van der Waals surface area (Å²) in [5, 5.41) is 2.57. The predicted octanol–water partition coefficient (Wildman–Crippen LogP) is 3.01. The number of halogens is 1. The highest BCUT2D eigenvalue weighted by molar-refractivity contribution is 7.88. The van der Waals surface area contributed by atoms with E-state index in [4.69, 9.17) is 0 Å². The van der Waals surface area contributed by atoms with E-state index in [0.29, 0.717) is 24.9 Å². The van der Waals surface area contributed by atoms with Gasteiger partial charge in [0, 0.05) is 13.1 Å². The zero-order chi connectivity index (χ0) is 18.6. The molecule has 0 bridgehead atoms. The maximum absolute atomic E-state index is 13.7. The molecule has 1 fully saturated rings. The molecule has 2 aromatic rings. The van der Waals surface area contributed by atoms with Crippen LogP contribution in [0, 0.1) is 11.7 Å². The van der Waals surface area contributed by atoms with E-state index in [2.05, 4.69) is 5.32 Å². The number of carbonyl (C=O) groups excluding carboxylic acids is 1. The number of piperidine rings is 1. The third-order valence-electron chi connectivity index (χ3n) is 4.47. The van der Waals surface area contributed by atoms with Crippen LogP contribution in [-0.4, -0.2) is 31.7 Å². The molecule has 0 saturated carbocycles. The summed E-state index contributed by atoms with van der Waals surface area (Å²) in [6.45, 7) is 0.522. The summed E-state index contributed by atoms with van der Waals surface area (Å²) in [5.74, 6) is -1.44. The summed E-state index contributed by atoms with van der Waals surface area (Å²) in [5.41, 5.74) is 0.826. The molecular weight excluding hydrogens is 355 g/mol. The van der Waals surface area contributed by atoms with E-state index in [-0.39, 0.29) is 23.9 Å². The van der Waals surface area contributed by atoms with Crippen LogP contribution in [0.5, 0.6) is 0 Å². The molecule has 138 valence electrons. The zero-order valence-electron chi connectivity index (χ0n) is 14.3. The van der Waals surface area contributed by atoms with E-state index in [0.717, 1.165) is 0 Å². The predicted molar refractivity (Wildman–Crippen MR) is 98.4 cm³/mol. The Hall–Kier alpha value is -2.25. The number of nitrogens with zero attached hydrogens (tertiary/aromatic N) is 1. The first kappa shape index (κ1) is 18.5. The third-order valence-corrected chi connectivity index (χ3v) is 6.29. The number of carbonyl (C=O) groups is 1. The lowest BCUT2D eigenvalue weighted by molar-refractivity contribution is -0.120. The number of amides is 1. The fraction of sp³-hybridized carbons (Fsp3) is 0.316. The molecule has 0 unspecified atom stereocenters. The molecule has 1 amide bonds. The molecule has 0 aliphatic carbocycles. The topological polar surface area (TPSA) is 66.5 Å². The highest BCUT2D eigenvalue weighted by Crippen LogP contribution is 2.23. The second-order valence-corrected chi connectivity index (χ2v) is 8.38. The van der Waals surface area contributed by atoms with E-state index in [1.807, 2.05) is 6.07 Å². The van der Waals surface area contributed by atoms with E-state index >= 15 is 0 Å². The third kappa shape index (κ3) is 4.47. The van der Waals surface area contributed by atoms with Gasteiger partial charge < -0.3 is 5.32 Å². The molecule has 1 atom stereocenters. The van der Waals surface area contributed by atoms with Gasteiger partial charge in [0.1, 0.15) is 5.82 Å². The number of hydrogen-bond donors (Lipinski definition) is 1. The van der Waals surface area contributed by atoms with Gasteiger partial charge in [-0.1, -0.05) is 42.5 Å². The van der Waals surface area contributed by atoms with Gasteiger partial charge in [-0.25, -0.2) is 17.1 Å². The van der Waals surface area contributed by atoms with Gasteiger partial charge in [-0.3, -0.25) is 4.79 Å². The molecule has 1 heterocycles. The van der Waals surface area contributed by atoms with E-state index in [1.54, 1.807) is 36.4 Å². The van der Waals surface area contributed by atoms with Gasteiger partial charge in [0.05, 0.1) is 17.4 Å². The van der Waals surface area contributed by atoms with Crippen molar-refractivity contribution in [3.05, 3.63) is 66.0 Å². The number of anilines is 1. The number of sulfonamides is 1. The summed E-state index contributed by atoms with van der Waals surface area (Å²) in [4.78, 5) is 12.5. The minimum atomic E-state index is -3.50. The Kier molecular flexibility index (Phi) is 5.68. The maximum Gasteiger partial charge on any atom is 0.228 e. The van der Waals surface area contributed by atoms with Gasteiger partial charge in [0.15, 0.2) is 0 Å². The van der Waals surface area contributed by atoms with Crippen molar-refractivity contribution in [1.29, 1.82) is 0 Å². The number of benzene rings is 2. The molecule has 0 aromatic heterocycles. The Balaban J connectivity index is 1.67. The van der Waals surface area contributed by atoms with Crippen molar-refractivity contribution in [2.75, 3.05) is 18.4 Å². The fourth-order valence-corrected chi connectivity index (χ4v) is 4.69. The second-order valence-electron chi connectivity index (χ2n) is 6.41. The van der Waals surface area contributed by atoms with Gasteiger partial charge in [0.25, 0.3) is 0 Å². The van der Waals surface area contributed by atoms with E-state index in [1.165, 1.54) is 16.4 Å². The van der Waals surface area contributed by atoms with Crippen molar-refractivity contribution >= 4 is 21.6 Å². The Labute approximate surface area is 152 Å². The van der Waals surface area contributed by atoms with Crippen LogP contribution in [0.2, 0.25) is 0 Å². The summed E-state index contributed by atoms with van der Waals surface area (Å²) in [6, 6.07) is 14.9. The first-order valence-corrected chi connectivity index (χ1v) is 10.1. The smallest absolute Gasteiger partial charge is 0.228 e. The van der Waals surface area contributed by atoms with Crippen LogP contribution in [0.3, 0.4) is 0 Å². The van der Waals surface area contributed by atoms with Crippen molar-refractivity contribution in [1.82, 2.24) is 4.31 Å². The molecule has 0 radical (unpaired) electrons. The molecule has 7 heteroatoms. The second kappa shape index (κ2) is 7.97. The van der Waals surface area contributed by atoms with Crippen LogP contribution < -0.4 is 5.32 Å². The Morgan fingerprint density at radius 3 is 2.54 bits per heavy atom. The monoisotopic (exact) mass is 376 g/mol. The van der Waals surface area contributed by atoms with Crippen LogP contribution in [-0.2, 0) is 20.6 Å². The quantitative estimate of drug-likeness (QED) is 0.872. The number of hydrogen-bond acceptors (Lipinski definition) is 3. The van der Waals surface area contributed by atoms with Crippen molar-refractivity contribution in [3.63, 3.8) is 0 Å². The normalized spacial score (nSPS) is 18.4. The minimum Gasteiger partial charge on any atom is -0.323 e. The first-order valence-electron chi connectivity index (χ1n) is 8.53. The van der Waals surface area contributed by atoms with Crippen molar-refractivity contribution in [2.45, 2.75) is 18.6 Å². The number of rotatable bonds is 5. The largest absolute Gasteiger partial charge is 0.323 e. The summed E-state index contributed by atoms with van der Waals surface area (Å²) >= 11 is 0. The summed E-state index contributed by atoms with van der Waals surface area (Å²) in [7, 11) is -3.50. The van der Waals surface area contributed by atoms with Crippen LogP contribution >= 0.6 is 0 Å². The van der Waals surface area contributed by atoms with Crippen LogP contribution in [0.25, 0.3) is 0 Å². The zero-order valence-corrected chi connectivity index (χ0v) is 15.1. The Morgan fingerprint density at radius 1 is 1.12 bits per heavy atom. The van der Waals surface area contributed by atoms with Gasteiger partial charge in [-0.15, -0.1) is 0 Å². The average Bonchev–Trinajstić information content (AvgIpc) is 2.64. The molecule has 2 aromatic carbocycles. The molecule has 3 rings (SSSR count). The lowest BCUT2D eigenvalue weighted by atomic mass is 9.98. The number of nitrogens with one attached hydrogen (secondary N) is 1. The average molecular weight is 376 g/mol. The van der Waals surface area contributed by atoms with Gasteiger partial charge in [0.2, 0.25) is 15.9 Å². The lowest BCUT2D eigenvalue weighted by Gasteiger charge is -2.31. The Morgan fingerprint density at radius 2 is 1.81 bits per heavy atom. The highest BCUT2D eigenvalue weighted by Gasteiger charge is 2.32. The first-order chi connectivity index (χ1) is 12.5. The highest BCUT2D eigenvalue weighted by atomic mass is 32.2.